The lowest BCUT2D eigenvalue weighted by molar-refractivity contribution is 0.300. The third-order valence-electron chi connectivity index (χ3n) is 4.81. The Morgan fingerprint density at radius 3 is 2.35 bits per heavy atom. The van der Waals surface area contributed by atoms with Gasteiger partial charge in [0.15, 0.2) is 0 Å². The highest BCUT2D eigenvalue weighted by Crippen LogP contribution is 2.32. The molecule has 2 aromatic heterocycles. The summed E-state index contributed by atoms with van der Waals surface area (Å²) < 4.78 is 32.6. The molecule has 1 fully saturated rings. The largest absolute Gasteiger partial charge is 0.361 e. The summed E-state index contributed by atoms with van der Waals surface area (Å²) in [6.07, 6.45) is 1.48. The molecule has 0 aromatic carbocycles. The normalized spacial score (nSPS) is 17.2. The van der Waals surface area contributed by atoms with Gasteiger partial charge in [0.1, 0.15) is 11.6 Å². The van der Waals surface area contributed by atoms with Gasteiger partial charge in [-0.1, -0.05) is 5.16 Å². The van der Waals surface area contributed by atoms with E-state index in [0.717, 1.165) is 41.2 Å². The van der Waals surface area contributed by atoms with E-state index in [1.165, 1.54) is 8.61 Å². The van der Waals surface area contributed by atoms with Crippen molar-refractivity contribution in [3.05, 3.63) is 29.0 Å². The van der Waals surface area contributed by atoms with E-state index in [-0.39, 0.29) is 5.92 Å². The molecule has 3 rings (SSSR count). The standard InChI is InChI=1S/C17H25N5O3S/c1-11-17(12(2)25-20-11)16-10-15(18-13(3)19-16)14-6-8-22(9-7-14)26(23,24)21(4)5/h10,14H,6-9H2,1-5H3. The molecule has 0 spiro atoms. The highest BCUT2D eigenvalue weighted by molar-refractivity contribution is 7.86. The minimum atomic E-state index is -3.36. The molecule has 0 bridgehead atoms. The molecule has 3 heterocycles. The predicted molar refractivity (Wildman–Crippen MR) is 97.9 cm³/mol. The number of piperidine rings is 1. The van der Waals surface area contributed by atoms with Crippen LogP contribution in [0.15, 0.2) is 10.6 Å². The Morgan fingerprint density at radius 2 is 1.81 bits per heavy atom. The van der Waals surface area contributed by atoms with Gasteiger partial charge in [-0.15, -0.1) is 0 Å². The monoisotopic (exact) mass is 379 g/mol. The zero-order valence-corrected chi connectivity index (χ0v) is 16.7. The van der Waals surface area contributed by atoms with Crippen LogP contribution in [-0.2, 0) is 10.2 Å². The summed E-state index contributed by atoms with van der Waals surface area (Å²) in [6.45, 7) is 6.63. The van der Waals surface area contributed by atoms with Crippen molar-refractivity contribution in [1.29, 1.82) is 0 Å². The molecule has 8 nitrogen and oxygen atoms in total. The third kappa shape index (κ3) is 3.51. The second-order valence-corrected chi connectivity index (χ2v) is 9.03. The van der Waals surface area contributed by atoms with Gasteiger partial charge in [0.05, 0.1) is 17.0 Å². The van der Waals surface area contributed by atoms with Crippen molar-refractivity contribution in [2.75, 3.05) is 27.2 Å². The summed E-state index contributed by atoms with van der Waals surface area (Å²) in [5, 5.41) is 4.00. The highest BCUT2D eigenvalue weighted by Gasteiger charge is 2.31. The van der Waals surface area contributed by atoms with Gasteiger partial charge in [0, 0.05) is 38.8 Å². The van der Waals surface area contributed by atoms with E-state index >= 15 is 0 Å². The lowest BCUT2D eigenvalue weighted by atomic mass is 9.93. The van der Waals surface area contributed by atoms with Crippen molar-refractivity contribution in [3.63, 3.8) is 0 Å². The fourth-order valence-corrected chi connectivity index (χ4v) is 4.52. The molecule has 26 heavy (non-hydrogen) atoms. The number of hydrogen-bond donors (Lipinski definition) is 0. The van der Waals surface area contributed by atoms with Crippen molar-refractivity contribution in [1.82, 2.24) is 23.7 Å². The van der Waals surface area contributed by atoms with E-state index in [1.54, 1.807) is 14.1 Å². The van der Waals surface area contributed by atoms with Gasteiger partial charge in [0.25, 0.3) is 10.2 Å². The quantitative estimate of drug-likeness (QED) is 0.807. The van der Waals surface area contributed by atoms with Crippen molar-refractivity contribution in [2.45, 2.75) is 39.5 Å². The van der Waals surface area contributed by atoms with Gasteiger partial charge < -0.3 is 4.52 Å². The topological polar surface area (TPSA) is 92.4 Å². The molecular weight excluding hydrogens is 354 g/mol. The number of aryl methyl sites for hydroxylation is 3. The Morgan fingerprint density at radius 1 is 1.15 bits per heavy atom. The molecule has 0 atom stereocenters. The zero-order valence-electron chi connectivity index (χ0n) is 15.9. The second-order valence-electron chi connectivity index (χ2n) is 6.89. The Labute approximate surface area is 154 Å². The molecule has 9 heteroatoms. The number of nitrogens with zero attached hydrogens (tertiary/aromatic N) is 5. The molecule has 2 aromatic rings. The van der Waals surface area contributed by atoms with Gasteiger partial charge in [0.2, 0.25) is 0 Å². The first kappa shape index (κ1) is 18.9. The predicted octanol–water partition coefficient (Wildman–Crippen LogP) is 2.04. The molecular formula is C17H25N5O3S. The molecule has 0 amide bonds. The van der Waals surface area contributed by atoms with Gasteiger partial charge in [-0.05, 0) is 39.7 Å². The summed E-state index contributed by atoms with van der Waals surface area (Å²) in [5.41, 5.74) is 3.48. The number of aromatic nitrogens is 3. The van der Waals surface area contributed by atoms with Crippen LogP contribution in [0, 0.1) is 20.8 Å². The van der Waals surface area contributed by atoms with Crippen LogP contribution in [0.5, 0.6) is 0 Å². The van der Waals surface area contributed by atoms with Crippen LogP contribution in [0.1, 0.15) is 41.7 Å². The summed E-state index contributed by atoms with van der Waals surface area (Å²) >= 11 is 0. The average molecular weight is 379 g/mol. The van der Waals surface area contributed by atoms with E-state index in [4.69, 9.17) is 4.52 Å². The fraction of sp³-hybridized carbons (Fsp3) is 0.588. The van der Waals surface area contributed by atoms with Crippen molar-refractivity contribution < 1.29 is 12.9 Å². The molecule has 1 aliphatic rings. The van der Waals surface area contributed by atoms with Crippen LogP contribution >= 0.6 is 0 Å². The maximum atomic E-state index is 12.3. The Kier molecular flexibility index (Phi) is 5.14. The Balaban J connectivity index is 1.84. The fourth-order valence-electron chi connectivity index (χ4n) is 3.39. The van der Waals surface area contributed by atoms with Crippen LogP contribution in [0.2, 0.25) is 0 Å². The first-order valence-electron chi connectivity index (χ1n) is 8.66. The van der Waals surface area contributed by atoms with Gasteiger partial charge >= 0.3 is 0 Å². The minimum Gasteiger partial charge on any atom is -0.361 e. The lowest BCUT2D eigenvalue weighted by Gasteiger charge is -2.32. The minimum absolute atomic E-state index is 0.213. The smallest absolute Gasteiger partial charge is 0.281 e. The second kappa shape index (κ2) is 7.05. The van der Waals surface area contributed by atoms with E-state index in [2.05, 4.69) is 15.1 Å². The molecule has 0 N–H and O–H groups in total. The average Bonchev–Trinajstić information content (AvgIpc) is 2.93. The van der Waals surface area contributed by atoms with Gasteiger partial charge in [-0.25, -0.2) is 9.97 Å². The van der Waals surface area contributed by atoms with Crippen molar-refractivity contribution in [2.24, 2.45) is 0 Å². The van der Waals surface area contributed by atoms with E-state index < -0.39 is 10.2 Å². The van der Waals surface area contributed by atoms with Crippen molar-refractivity contribution >= 4 is 10.2 Å². The maximum absolute atomic E-state index is 12.3. The SMILES string of the molecule is Cc1nc(-c2c(C)noc2C)cc(C2CCN(S(=O)(=O)N(C)C)CC2)n1. The molecule has 0 radical (unpaired) electrons. The summed E-state index contributed by atoms with van der Waals surface area (Å²) in [4.78, 5) is 9.15. The van der Waals surface area contributed by atoms with E-state index in [1.807, 2.05) is 26.8 Å². The van der Waals surface area contributed by atoms with Crippen LogP contribution in [-0.4, -0.2) is 59.3 Å². The lowest BCUT2D eigenvalue weighted by Crippen LogP contribution is -2.44. The molecule has 0 saturated carbocycles. The molecule has 0 unspecified atom stereocenters. The van der Waals surface area contributed by atoms with Crippen LogP contribution in [0.4, 0.5) is 0 Å². The van der Waals surface area contributed by atoms with E-state index in [9.17, 15) is 8.42 Å². The van der Waals surface area contributed by atoms with Gasteiger partial charge in [-0.2, -0.15) is 17.0 Å². The third-order valence-corrected chi connectivity index (χ3v) is 6.75. The van der Waals surface area contributed by atoms with Crippen molar-refractivity contribution in [3.8, 4) is 11.3 Å². The summed E-state index contributed by atoms with van der Waals surface area (Å²) in [5.74, 6) is 1.64. The Hall–Kier alpha value is -1.84. The first-order chi connectivity index (χ1) is 12.2. The number of hydrogen-bond acceptors (Lipinski definition) is 6. The molecule has 1 saturated heterocycles. The molecule has 0 aliphatic carbocycles. The van der Waals surface area contributed by atoms with Crippen LogP contribution in [0.3, 0.4) is 0 Å². The van der Waals surface area contributed by atoms with Crippen LogP contribution < -0.4 is 0 Å². The van der Waals surface area contributed by atoms with Gasteiger partial charge in [-0.3, -0.25) is 0 Å². The van der Waals surface area contributed by atoms with Crippen LogP contribution in [0.25, 0.3) is 11.3 Å². The summed E-state index contributed by atoms with van der Waals surface area (Å²) in [6, 6.07) is 1.99. The Bertz CT molecular complexity index is 880. The first-order valence-corrected chi connectivity index (χ1v) is 10.1. The highest BCUT2D eigenvalue weighted by atomic mass is 32.2. The molecule has 142 valence electrons. The van der Waals surface area contributed by atoms with E-state index in [0.29, 0.717) is 18.9 Å². The maximum Gasteiger partial charge on any atom is 0.281 e. The zero-order chi connectivity index (χ0) is 19.1. The summed E-state index contributed by atoms with van der Waals surface area (Å²) in [7, 11) is -0.234. The number of rotatable bonds is 4. The molecule has 1 aliphatic heterocycles.